The number of benzene rings is 2. The predicted molar refractivity (Wildman–Crippen MR) is 113 cm³/mol. The van der Waals surface area contributed by atoms with Gasteiger partial charge in [0.1, 0.15) is 6.54 Å². The van der Waals surface area contributed by atoms with Crippen molar-refractivity contribution < 1.29 is 13.2 Å². The summed E-state index contributed by atoms with van der Waals surface area (Å²) in [6, 6.07) is 14.6. The van der Waals surface area contributed by atoms with E-state index in [2.05, 4.69) is 10.3 Å². The van der Waals surface area contributed by atoms with Crippen molar-refractivity contribution in [3.05, 3.63) is 78.4 Å². The number of carbonyl (C=O) groups excluding carboxylic acids is 1. The summed E-state index contributed by atoms with van der Waals surface area (Å²) in [6.45, 7) is 3.40. The fourth-order valence-electron chi connectivity index (χ4n) is 3.07. The van der Waals surface area contributed by atoms with Gasteiger partial charge in [-0.1, -0.05) is 30.3 Å². The van der Waals surface area contributed by atoms with Crippen LogP contribution in [0.1, 0.15) is 24.1 Å². The van der Waals surface area contributed by atoms with Crippen LogP contribution >= 0.6 is 0 Å². The molecular weight excluding hydrogens is 388 g/mol. The predicted octanol–water partition coefficient (Wildman–Crippen LogP) is 2.82. The fraction of sp³-hybridized carbons (Fsp3) is 0.238. The maximum Gasteiger partial charge on any atom is 0.241 e. The summed E-state index contributed by atoms with van der Waals surface area (Å²) < 4.78 is 27.5. The van der Waals surface area contributed by atoms with E-state index in [1.165, 1.54) is 0 Å². The molecule has 152 valence electrons. The summed E-state index contributed by atoms with van der Waals surface area (Å²) in [5.74, 6) is -0.370. The van der Waals surface area contributed by atoms with Gasteiger partial charge in [0.25, 0.3) is 0 Å². The number of anilines is 1. The van der Waals surface area contributed by atoms with Crippen molar-refractivity contribution in [2.45, 2.75) is 19.9 Å². The van der Waals surface area contributed by atoms with Gasteiger partial charge in [0.05, 0.1) is 24.3 Å². The number of para-hydroxylation sites is 1. The summed E-state index contributed by atoms with van der Waals surface area (Å²) in [4.78, 5) is 16.6. The largest absolute Gasteiger partial charge is 0.348 e. The van der Waals surface area contributed by atoms with Gasteiger partial charge in [0.15, 0.2) is 0 Å². The number of sulfonamides is 1. The molecule has 29 heavy (non-hydrogen) atoms. The van der Waals surface area contributed by atoms with Gasteiger partial charge in [0, 0.05) is 18.1 Å². The topological polar surface area (TPSA) is 84.3 Å². The van der Waals surface area contributed by atoms with E-state index in [9.17, 15) is 13.2 Å². The molecule has 0 fully saturated rings. The van der Waals surface area contributed by atoms with E-state index in [4.69, 9.17) is 0 Å². The second-order valence-corrected chi connectivity index (χ2v) is 8.81. The van der Waals surface area contributed by atoms with Crippen molar-refractivity contribution in [3.63, 3.8) is 0 Å². The standard InChI is InChI=1S/C21H24N4O3S/c1-16-6-4-5-7-20(16)25(29(3,27)28)14-21(26)23-17(2)18-8-10-19(11-9-18)24-13-12-22-15-24/h4-13,15,17H,14H2,1-3H3,(H,23,26). The molecule has 0 aliphatic carbocycles. The van der Waals surface area contributed by atoms with Crippen molar-refractivity contribution in [3.8, 4) is 5.69 Å². The van der Waals surface area contributed by atoms with Crippen LogP contribution in [-0.4, -0.2) is 36.7 Å². The normalized spacial score (nSPS) is 12.4. The maximum atomic E-state index is 12.6. The number of nitrogens with one attached hydrogen (secondary N) is 1. The molecular formula is C21H24N4O3S. The first-order valence-electron chi connectivity index (χ1n) is 9.16. The van der Waals surface area contributed by atoms with Gasteiger partial charge in [-0.05, 0) is 43.2 Å². The van der Waals surface area contributed by atoms with Gasteiger partial charge in [0.2, 0.25) is 15.9 Å². The Hall–Kier alpha value is -3.13. The lowest BCUT2D eigenvalue weighted by molar-refractivity contribution is -0.120. The number of aryl methyl sites for hydroxylation is 1. The molecule has 1 amide bonds. The molecule has 7 nitrogen and oxygen atoms in total. The average Bonchev–Trinajstić information content (AvgIpc) is 3.21. The van der Waals surface area contributed by atoms with Gasteiger partial charge in [-0.2, -0.15) is 0 Å². The minimum atomic E-state index is -3.60. The number of nitrogens with zero attached hydrogens (tertiary/aromatic N) is 3. The lowest BCUT2D eigenvalue weighted by Crippen LogP contribution is -2.41. The smallest absolute Gasteiger partial charge is 0.241 e. The molecule has 0 radical (unpaired) electrons. The van der Waals surface area contributed by atoms with Crippen molar-refractivity contribution >= 4 is 21.6 Å². The van der Waals surface area contributed by atoms with Gasteiger partial charge in [-0.3, -0.25) is 9.10 Å². The van der Waals surface area contributed by atoms with E-state index in [1.807, 2.05) is 61.0 Å². The van der Waals surface area contributed by atoms with Crippen LogP contribution in [0.15, 0.2) is 67.3 Å². The van der Waals surface area contributed by atoms with E-state index >= 15 is 0 Å². The van der Waals surface area contributed by atoms with Gasteiger partial charge in [-0.25, -0.2) is 13.4 Å². The van der Waals surface area contributed by atoms with E-state index in [1.54, 1.807) is 24.7 Å². The lowest BCUT2D eigenvalue weighted by atomic mass is 10.1. The minimum Gasteiger partial charge on any atom is -0.348 e. The Labute approximate surface area is 171 Å². The van der Waals surface area contributed by atoms with Gasteiger partial charge < -0.3 is 9.88 Å². The second kappa shape index (κ2) is 8.48. The summed E-state index contributed by atoms with van der Waals surface area (Å²) >= 11 is 0. The highest BCUT2D eigenvalue weighted by atomic mass is 32.2. The van der Waals surface area contributed by atoms with Crippen LogP contribution in [0, 0.1) is 6.92 Å². The third-order valence-corrected chi connectivity index (χ3v) is 5.77. The zero-order valence-electron chi connectivity index (χ0n) is 16.6. The molecule has 3 rings (SSSR count). The quantitative estimate of drug-likeness (QED) is 0.647. The third kappa shape index (κ3) is 5.03. The number of imidazole rings is 1. The van der Waals surface area contributed by atoms with E-state index in [0.717, 1.165) is 27.4 Å². The molecule has 1 atom stereocenters. The first kappa shape index (κ1) is 20.6. The lowest BCUT2D eigenvalue weighted by Gasteiger charge is -2.24. The molecule has 1 unspecified atom stereocenters. The van der Waals surface area contributed by atoms with Crippen LogP contribution in [0.4, 0.5) is 5.69 Å². The SMILES string of the molecule is Cc1ccccc1N(CC(=O)NC(C)c1ccc(-n2ccnc2)cc1)S(C)(=O)=O. The van der Waals surface area contributed by atoms with E-state index in [-0.39, 0.29) is 18.5 Å². The van der Waals surface area contributed by atoms with Crippen LogP contribution in [0.25, 0.3) is 5.69 Å². The summed E-state index contributed by atoms with van der Waals surface area (Å²) in [6.07, 6.45) is 6.38. The highest BCUT2D eigenvalue weighted by Gasteiger charge is 2.23. The van der Waals surface area contributed by atoms with Crippen molar-refractivity contribution in [2.24, 2.45) is 0 Å². The molecule has 8 heteroatoms. The highest BCUT2D eigenvalue weighted by molar-refractivity contribution is 7.92. The zero-order chi connectivity index (χ0) is 21.0. The molecule has 3 aromatic rings. The Morgan fingerprint density at radius 1 is 1.17 bits per heavy atom. The fourth-order valence-corrected chi connectivity index (χ4v) is 3.99. The molecule has 1 N–H and O–H groups in total. The van der Waals surface area contributed by atoms with Crippen LogP contribution in [0.3, 0.4) is 0 Å². The van der Waals surface area contributed by atoms with Crippen molar-refractivity contribution in [1.29, 1.82) is 0 Å². The van der Waals surface area contributed by atoms with E-state index in [0.29, 0.717) is 5.69 Å². The molecule has 0 bridgehead atoms. The van der Waals surface area contributed by atoms with Crippen molar-refractivity contribution in [1.82, 2.24) is 14.9 Å². The summed E-state index contributed by atoms with van der Waals surface area (Å²) in [5, 5.41) is 2.88. The minimum absolute atomic E-state index is 0.266. The van der Waals surface area contributed by atoms with E-state index < -0.39 is 10.0 Å². The summed E-state index contributed by atoms with van der Waals surface area (Å²) in [5.41, 5.74) is 3.17. The van der Waals surface area contributed by atoms with Crippen LogP contribution in [0.5, 0.6) is 0 Å². The van der Waals surface area contributed by atoms with Gasteiger partial charge >= 0.3 is 0 Å². The number of carbonyl (C=O) groups is 1. The number of aromatic nitrogens is 2. The van der Waals surface area contributed by atoms with Crippen LogP contribution in [0.2, 0.25) is 0 Å². The zero-order valence-corrected chi connectivity index (χ0v) is 17.4. The highest BCUT2D eigenvalue weighted by Crippen LogP contribution is 2.22. The molecule has 1 aromatic heterocycles. The molecule has 0 saturated heterocycles. The maximum absolute atomic E-state index is 12.6. The molecule has 1 heterocycles. The Morgan fingerprint density at radius 3 is 2.45 bits per heavy atom. The third-order valence-electron chi connectivity index (χ3n) is 4.64. The van der Waals surface area contributed by atoms with Crippen LogP contribution in [-0.2, 0) is 14.8 Å². The Morgan fingerprint density at radius 2 is 1.86 bits per heavy atom. The number of rotatable bonds is 7. The average molecular weight is 413 g/mol. The Kier molecular flexibility index (Phi) is 6.03. The van der Waals surface area contributed by atoms with Crippen LogP contribution < -0.4 is 9.62 Å². The Bertz CT molecular complexity index is 1080. The number of amides is 1. The molecule has 0 saturated carbocycles. The monoisotopic (exact) mass is 412 g/mol. The first-order chi connectivity index (χ1) is 13.8. The molecule has 0 aliphatic heterocycles. The molecule has 0 aliphatic rings. The Balaban J connectivity index is 1.70. The summed E-state index contributed by atoms with van der Waals surface area (Å²) in [7, 11) is -3.60. The second-order valence-electron chi connectivity index (χ2n) is 6.91. The number of hydrogen-bond acceptors (Lipinski definition) is 4. The molecule has 0 spiro atoms. The number of hydrogen-bond donors (Lipinski definition) is 1. The molecule has 2 aromatic carbocycles. The van der Waals surface area contributed by atoms with Gasteiger partial charge in [-0.15, -0.1) is 0 Å². The van der Waals surface area contributed by atoms with Crippen molar-refractivity contribution in [2.75, 3.05) is 17.1 Å². The first-order valence-corrected chi connectivity index (χ1v) is 11.0.